The Labute approximate surface area is 242 Å². The van der Waals surface area contributed by atoms with Crippen LogP contribution in [0, 0.1) is 11.3 Å². The van der Waals surface area contributed by atoms with Crippen molar-refractivity contribution in [3.8, 4) is 0 Å². The highest BCUT2D eigenvalue weighted by Gasteiger charge is 2.53. The molecule has 1 saturated heterocycles. The molecule has 1 amide bonds. The maximum absolute atomic E-state index is 14.4. The molecule has 1 heterocycles. The molecule has 1 fully saturated rings. The summed E-state index contributed by atoms with van der Waals surface area (Å²) in [5.74, 6) is -1.82. The van der Waals surface area contributed by atoms with Crippen LogP contribution in [-0.2, 0) is 19.6 Å². The monoisotopic (exact) mass is 596 g/mol. The second kappa shape index (κ2) is 12.2. The number of carboxylic acid groups (broad SMARTS) is 1. The smallest absolute Gasteiger partial charge is 0.304 e. The summed E-state index contributed by atoms with van der Waals surface area (Å²) < 4.78 is 27.4. The number of benzene rings is 2. The molecule has 2 aromatic carbocycles. The van der Waals surface area contributed by atoms with Gasteiger partial charge < -0.3 is 10.0 Å². The molecule has 1 N–H and O–H groups in total. The largest absolute Gasteiger partial charge is 0.481 e. The Balaban J connectivity index is 2.28. The number of halogens is 2. The zero-order valence-electron chi connectivity index (χ0n) is 23.3. The molecule has 0 unspecified atom stereocenters. The summed E-state index contributed by atoms with van der Waals surface area (Å²) in [5.41, 5.74) is 0.488. The number of hydrogen-bond donors (Lipinski definition) is 1. The number of aliphatic carboxylic acids is 1. The highest BCUT2D eigenvalue weighted by atomic mass is 35.5. The predicted molar refractivity (Wildman–Crippen MR) is 156 cm³/mol. The van der Waals surface area contributed by atoms with Crippen LogP contribution in [0.2, 0.25) is 10.0 Å². The Morgan fingerprint density at radius 2 is 1.69 bits per heavy atom. The highest BCUT2D eigenvalue weighted by molar-refractivity contribution is 7.89. The van der Waals surface area contributed by atoms with Crippen LogP contribution in [0.1, 0.15) is 70.5 Å². The van der Waals surface area contributed by atoms with E-state index in [9.17, 15) is 23.1 Å². The van der Waals surface area contributed by atoms with Crippen molar-refractivity contribution in [2.24, 2.45) is 11.3 Å². The Bertz CT molecular complexity index is 1300. The maximum Gasteiger partial charge on any atom is 0.304 e. The van der Waals surface area contributed by atoms with E-state index in [1.54, 1.807) is 43.9 Å². The highest BCUT2D eigenvalue weighted by Crippen LogP contribution is 2.52. The second-order valence-corrected chi connectivity index (χ2v) is 14.9. The van der Waals surface area contributed by atoms with Gasteiger partial charge in [-0.15, -0.1) is 0 Å². The number of amides is 1. The molecule has 0 radical (unpaired) electrons. The molecule has 0 saturated carbocycles. The zero-order chi connectivity index (χ0) is 29.3. The van der Waals surface area contributed by atoms with Gasteiger partial charge in [-0.2, -0.15) is 0 Å². The summed E-state index contributed by atoms with van der Waals surface area (Å²) in [4.78, 5) is 28.2. The van der Waals surface area contributed by atoms with Crippen molar-refractivity contribution in [2.75, 3.05) is 13.6 Å². The standard InChI is InChI=1S/C29H38Cl2N2O5S/c1-18(2)25(17-32(6)39(37,38)19(3)4)33-27(20-10-12-22(30)13-11-20)24(21-8-7-9-23(31)14-21)15-29(5,28(33)36)16-26(34)35/h7-14,18-19,24-25,27H,15-17H2,1-6H3,(H,34,35)/t24-,25-,27-,29-/m1/s1. The Hall–Kier alpha value is -2.13. The van der Waals surface area contributed by atoms with Crippen LogP contribution in [0.5, 0.6) is 0 Å². The van der Waals surface area contributed by atoms with E-state index in [0.717, 1.165) is 11.1 Å². The van der Waals surface area contributed by atoms with Gasteiger partial charge in [-0.3, -0.25) is 9.59 Å². The van der Waals surface area contributed by atoms with E-state index in [2.05, 4.69) is 0 Å². The molecule has 1 aliphatic heterocycles. The first-order valence-electron chi connectivity index (χ1n) is 13.1. The number of carboxylic acids is 1. The third-order valence-electron chi connectivity index (χ3n) is 7.73. The molecule has 1 aliphatic rings. The summed E-state index contributed by atoms with van der Waals surface area (Å²) in [6.45, 7) is 8.90. The molecule has 3 rings (SSSR count). The molecule has 0 aromatic heterocycles. The minimum atomic E-state index is -3.60. The molecule has 214 valence electrons. The number of likely N-dealkylation sites (tertiary alicyclic amines) is 1. The van der Waals surface area contributed by atoms with E-state index in [-0.39, 0.29) is 37.1 Å². The van der Waals surface area contributed by atoms with Crippen LogP contribution < -0.4 is 0 Å². The molecule has 7 nitrogen and oxygen atoms in total. The van der Waals surface area contributed by atoms with Crippen LogP contribution in [0.15, 0.2) is 48.5 Å². The molecular formula is C29H38Cl2N2O5S. The van der Waals surface area contributed by atoms with Gasteiger partial charge in [0.1, 0.15) is 0 Å². The minimum Gasteiger partial charge on any atom is -0.481 e. The molecule has 0 spiro atoms. The van der Waals surface area contributed by atoms with E-state index < -0.39 is 38.7 Å². The van der Waals surface area contributed by atoms with Crippen LogP contribution in [0.4, 0.5) is 0 Å². The van der Waals surface area contributed by atoms with Crippen LogP contribution in [0.25, 0.3) is 0 Å². The average molecular weight is 598 g/mol. The van der Waals surface area contributed by atoms with Gasteiger partial charge in [-0.05, 0) is 61.6 Å². The lowest BCUT2D eigenvalue weighted by atomic mass is 9.66. The summed E-state index contributed by atoms with van der Waals surface area (Å²) in [7, 11) is -2.07. The van der Waals surface area contributed by atoms with E-state index in [1.165, 1.54) is 11.4 Å². The van der Waals surface area contributed by atoms with Crippen molar-refractivity contribution in [2.45, 2.75) is 70.7 Å². The van der Waals surface area contributed by atoms with Gasteiger partial charge >= 0.3 is 5.97 Å². The first-order valence-corrected chi connectivity index (χ1v) is 15.3. The van der Waals surface area contributed by atoms with Crippen LogP contribution in [0.3, 0.4) is 0 Å². The van der Waals surface area contributed by atoms with E-state index in [1.807, 2.05) is 44.2 Å². The average Bonchev–Trinajstić information content (AvgIpc) is 2.84. The fourth-order valence-corrected chi connectivity index (χ4v) is 7.00. The van der Waals surface area contributed by atoms with Gasteiger partial charge in [-0.25, -0.2) is 12.7 Å². The maximum atomic E-state index is 14.4. The van der Waals surface area contributed by atoms with Gasteiger partial charge in [0.2, 0.25) is 15.9 Å². The number of hydrogen-bond acceptors (Lipinski definition) is 4. The zero-order valence-corrected chi connectivity index (χ0v) is 25.6. The lowest BCUT2D eigenvalue weighted by Crippen LogP contribution is -2.60. The third-order valence-corrected chi connectivity index (χ3v) is 10.4. The molecule has 0 aliphatic carbocycles. The lowest BCUT2D eigenvalue weighted by Gasteiger charge is -2.53. The van der Waals surface area contributed by atoms with E-state index in [0.29, 0.717) is 10.0 Å². The van der Waals surface area contributed by atoms with Crippen LogP contribution in [-0.4, -0.2) is 59.5 Å². The van der Waals surface area contributed by atoms with Gasteiger partial charge in [0.05, 0.1) is 23.1 Å². The quantitative estimate of drug-likeness (QED) is 0.351. The number of piperidine rings is 1. The topological polar surface area (TPSA) is 95.0 Å². The third kappa shape index (κ3) is 6.79. The minimum absolute atomic E-state index is 0.0689. The fourth-order valence-electron chi connectivity index (χ4n) is 5.59. The number of likely N-dealkylation sites (N-methyl/N-ethyl adjacent to an activating group) is 1. The number of carbonyl (C=O) groups excluding carboxylic acids is 1. The SMILES string of the molecule is CC(C)[C@@H](CN(C)S(=O)(=O)C(C)C)N1C(=O)[C@@](C)(CC(=O)O)C[C@H](c2cccc(Cl)c2)[C@H]1c1ccc(Cl)cc1. The Morgan fingerprint density at radius 1 is 1.08 bits per heavy atom. The van der Waals surface area contributed by atoms with Crippen molar-refractivity contribution < 1.29 is 23.1 Å². The Morgan fingerprint density at radius 3 is 2.21 bits per heavy atom. The first-order chi connectivity index (χ1) is 18.1. The van der Waals surface area contributed by atoms with E-state index in [4.69, 9.17) is 23.2 Å². The van der Waals surface area contributed by atoms with Crippen molar-refractivity contribution in [1.29, 1.82) is 0 Å². The summed E-state index contributed by atoms with van der Waals surface area (Å²) in [6.07, 6.45) is -0.0646. The van der Waals surface area contributed by atoms with Crippen molar-refractivity contribution in [1.82, 2.24) is 9.21 Å². The van der Waals surface area contributed by atoms with Gasteiger partial charge in [0.25, 0.3) is 0 Å². The number of carbonyl (C=O) groups is 2. The number of sulfonamides is 1. The molecule has 2 aromatic rings. The first kappa shape index (κ1) is 31.4. The van der Waals surface area contributed by atoms with Crippen LogP contribution >= 0.6 is 23.2 Å². The molecular weight excluding hydrogens is 559 g/mol. The summed E-state index contributed by atoms with van der Waals surface area (Å²) in [6, 6.07) is 13.6. The van der Waals surface area contributed by atoms with Gasteiger partial charge in [0, 0.05) is 35.6 Å². The Kier molecular flexibility index (Phi) is 9.80. The van der Waals surface area contributed by atoms with Crippen molar-refractivity contribution >= 4 is 45.1 Å². The van der Waals surface area contributed by atoms with Crippen molar-refractivity contribution in [3.05, 3.63) is 69.7 Å². The normalized spacial score (nSPS) is 23.1. The number of rotatable bonds is 10. The molecule has 0 bridgehead atoms. The van der Waals surface area contributed by atoms with Gasteiger partial charge in [0.15, 0.2) is 0 Å². The lowest BCUT2D eigenvalue weighted by molar-refractivity contribution is -0.161. The molecule has 4 atom stereocenters. The molecule has 10 heteroatoms. The van der Waals surface area contributed by atoms with Crippen molar-refractivity contribution in [3.63, 3.8) is 0 Å². The summed E-state index contributed by atoms with van der Waals surface area (Å²) in [5, 5.41) is 10.3. The fraction of sp³-hybridized carbons (Fsp3) is 0.517. The van der Waals surface area contributed by atoms with E-state index >= 15 is 0 Å². The second-order valence-electron chi connectivity index (χ2n) is 11.4. The number of nitrogens with zero attached hydrogens (tertiary/aromatic N) is 2. The summed E-state index contributed by atoms with van der Waals surface area (Å²) >= 11 is 12.6. The molecule has 39 heavy (non-hydrogen) atoms. The predicted octanol–water partition coefficient (Wildman–Crippen LogP) is 6.23. The van der Waals surface area contributed by atoms with Gasteiger partial charge in [-0.1, -0.05) is 68.2 Å².